The number of nitrogens with zero attached hydrogens (tertiary/aromatic N) is 1. The van der Waals surface area contributed by atoms with Crippen molar-refractivity contribution < 1.29 is 62.2 Å². The normalized spacial score (nSPS) is 12.1. The van der Waals surface area contributed by atoms with Gasteiger partial charge in [0.25, 0.3) is 5.91 Å². The molecule has 0 spiro atoms. The summed E-state index contributed by atoms with van der Waals surface area (Å²) < 4.78 is 59.2. The number of rotatable bonds is 3. The number of amides is 1. The van der Waals surface area contributed by atoms with Crippen molar-refractivity contribution in [3.05, 3.63) is 94.3 Å². The van der Waals surface area contributed by atoms with Crippen LogP contribution in [0.4, 0.5) is 30.9 Å². The monoisotopic (exact) mass is 745 g/mol. The quantitative estimate of drug-likeness (QED) is 0.188. The molecule has 3 rings (SSSR count). The molecule has 0 radical (unpaired) electrons. The minimum absolute atomic E-state index is 0. The zero-order valence-electron chi connectivity index (χ0n) is 21.1. The molecule has 0 atom stereocenters. The number of nitrogens with one attached hydrogen (secondary N) is 1. The number of halogens is 7. The Morgan fingerprint density at radius 2 is 1.41 bits per heavy atom. The van der Waals surface area contributed by atoms with Crippen LogP contribution < -0.4 is 17.7 Å². The summed E-state index contributed by atoms with van der Waals surface area (Å²) in [6.07, 6.45) is 1.61. The van der Waals surface area contributed by atoms with Crippen molar-refractivity contribution in [1.82, 2.24) is 4.98 Å². The van der Waals surface area contributed by atoms with Crippen LogP contribution in [-0.4, -0.2) is 10.9 Å². The summed E-state index contributed by atoms with van der Waals surface area (Å²) in [6, 6.07) is 19.0. The first-order chi connectivity index (χ1) is 15.7. The third-order valence-electron chi connectivity index (χ3n) is 4.43. The first-order valence-corrected chi connectivity index (χ1v) is 12.6. The summed E-state index contributed by atoms with van der Waals surface area (Å²) in [6.45, 7) is 12.5. The molecule has 0 aliphatic rings. The molecule has 1 amide bonds. The topological polar surface area (TPSA) is 42.0 Å². The molecule has 0 aliphatic heterocycles. The van der Waals surface area contributed by atoms with Crippen LogP contribution in [0.15, 0.2) is 54.7 Å². The summed E-state index contributed by atoms with van der Waals surface area (Å²) in [7, 11) is -10.7. The first kappa shape index (κ1) is 37.1. The van der Waals surface area contributed by atoms with Crippen LogP contribution in [0.25, 0.3) is 0 Å². The Kier molecular flexibility index (Phi) is 13.7. The van der Waals surface area contributed by atoms with Crippen LogP contribution in [0.3, 0.4) is 0 Å². The fourth-order valence-electron chi connectivity index (χ4n) is 2.93. The summed E-state index contributed by atoms with van der Waals surface area (Å²) in [5.41, 5.74) is 7.21. The van der Waals surface area contributed by atoms with Gasteiger partial charge in [0.2, 0.25) is 0 Å². The van der Waals surface area contributed by atoms with Crippen molar-refractivity contribution >= 4 is 19.4 Å². The Bertz CT molecular complexity index is 1110. The van der Waals surface area contributed by atoms with Gasteiger partial charge in [0.05, 0.1) is 0 Å². The van der Waals surface area contributed by atoms with Crippen LogP contribution in [0.1, 0.15) is 58.1 Å². The molecular weight excluding hydrogens is 715 g/mol. The largest absolute Gasteiger partial charge is 2.00 e. The number of aromatic nitrogens is 1. The van der Waals surface area contributed by atoms with Crippen LogP contribution >= 0.6 is 7.81 Å². The molecule has 0 saturated carbocycles. The summed E-state index contributed by atoms with van der Waals surface area (Å²) in [4.78, 5) is 16.1. The van der Waals surface area contributed by atoms with Gasteiger partial charge in [-0.05, 0) is 49.9 Å². The number of hydrogen-bond acceptors (Lipinski definition) is 2. The number of hydrogen-bond donors (Lipinski definition) is 1. The van der Waals surface area contributed by atoms with Gasteiger partial charge in [0.15, 0.2) is 0 Å². The molecule has 1 aromatic heterocycles. The molecule has 0 aliphatic carbocycles. The van der Waals surface area contributed by atoms with E-state index in [1.807, 2.05) is 26.8 Å². The van der Waals surface area contributed by atoms with Crippen molar-refractivity contribution in [3.63, 3.8) is 0 Å². The summed E-state index contributed by atoms with van der Waals surface area (Å²) in [5.74, 6) is 0.422. The third kappa shape index (κ3) is 18.0. The first-order valence-electron chi connectivity index (χ1n) is 10.6. The maximum absolute atomic E-state index is 12.0. The van der Waals surface area contributed by atoms with Gasteiger partial charge in [0.1, 0.15) is 5.69 Å². The van der Waals surface area contributed by atoms with E-state index in [4.69, 9.17) is 0 Å². The summed E-state index contributed by atoms with van der Waals surface area (Å²) >= 11 is 0. The number of aryl methyl sites for hydroxylation is 4. The molecule has 12 heteroatoms. The zero-order chi connectivity index (χ0) is 27.1. The molecule has 3 nitrogen and oxygen atoms in total. The predicted molar refractivity (Wildman–Crippen MR) is 131 cm³/mol. The van der Waals surface area contributed by atoms with Crippen molar-refractivity contribution in [1.29, 1.82) is 0 Å². The SMILES string of the molecule is Cc1c[c-]c(C(C)C)cc1.Cc1cc(C)c(NC(=O)c2ccccn2)c(C)c1.F[P-](F)(F)(F)(F)F.[Cl-].[Os+2]. The Morgan fingerprint density at radius 3 is 1.78 bits per heavy atom. The molecular formula is C25H29ClF6N2OOsP-. The maximum Gasteiger partial charge on any atom is 2.00 e. The maximum atomic E-state index is 12.0. The van der Waals surface area contributed by atoms with Gasteiger partial charge in [-0.2, -0.15) is 35.4 Å². The van der Waals surface area contributed by atoms with Crippen molar-refractivity contribution in [2.75, 3.05) is 5.32 Å². The van der Waals surface area contributed by atoms with E-state index >= 15 is 0 Å². The molecule has 1 heterocycles. The van der Waals surface area contributed by atoms with E-state index in [2.05, 4.69) is 61.4 Å². The van der Waals surface area contributed by atoms with Gasteiger partial charge in [-0.3, -0.25) is 9.78 Å². The molecule has 0 bridgehead atoms. The second-order valence-electron chi connectivity index (χ2n) is 8.38. The fourth-order valence-corrected chi connectivity index (χ4v) is 2.93. The van der Waals surface area contributed by atoms with Gasteiger partial charge >= 0.3 is 52.8 Å². The minimum Gasteiger partial charge on any atom is -1.00 e. The third-order valence-corrected chi connectivity index (χ3v) is 4.43. The van der Waals surface area contributed by atoms with E-state index in [9.17, 15) is 30.0 Å². The Hall–Kier alpha value is -2.00. The van der Waals surface area contributed by atoms with Crippen LogP contribution in [0.5, 0.6) is 0 Å². The van der Waals surface area contributed by atoms with Gasteiger partial charge in [0, 0.05) is 11.9 Å². The van der Waals surface area contributed by atoms with E-state index in [0.717, 1.165) is 16.8 Å². The number of carbonyl (C=O) groups is 1. The van der Waals surface area contributed by atoms with Crippen LogP contribution in [0.2, 0.25) is 0 Å². The van der Waals surface area contributed by atoms with Gasteiger partial charge in [-0.1, -0.05) is 44.5 Å². The Morgan fingerprint density at radius 1 is 0.892 bits per heavy atom. The molecule has 0 saturated heterocycles. The van der Waals surface area contributed by atoms with E-state index in [-0.39, 0.29) is 38.1 Å². The fraction of sp³-hybridized carbons (Fsp3) is 0.280. The second kappa shape index (κ2) is 13.7. The van der Waals surface area contributed by atoms with Crippen LogP contribution in [-0.2, 0) is 19.8 Å². The van der Waals surface area contributed by atoms with Crippen molar-refractivity contribution in [3.8, 4) is 0 Å². The molecule has 0 unspecified atom stereocenters. The minimum atomic E-state index is -10.7. The van der Waals surface area contributed by atoms with Gasteiger partial charge in [-0.15, -0.1) is 0 Å². The summed E-state index contributed by atoms with van der Waals surface area (Å²) in [5, 5.41) is 2.92. The van der Waals surface area contributed by atoms with E-state index < -0.39 is 7.81 Å². The van der Waals surface area contributed by atoms with E-state index in [1.54, 1.807) is 24.4 Å². The van der Waals surface area contributed by atoms with Gasteiger partial charge in [-0.25, -0.2) is 0 Å². The van der Waals surface area contributed by atoms with Gasteiger partial charge < -0.3 is 17.7 Å². The number of pyridine rings is 1. The standard InChI is InChI=1S/C15H16N2O.C10H13.ClH.F6P.Os/c1-10-8-11(2)14(12(3)9-10)17-15(18)13-6-4-5-7-16-13;1-8(2)10-6-4-9(3)5-7-10;;1-7(2,3,4,5)6;/h4-9H,1-3H3,(H,17,18);4-6,8H,1-3H3;1H;;/q;-1;;-1;+2/p-1. The number of benzene rings is 2. The molecule has 1 N–H and O–H groups in total. The average molecular weight is 744 g/mol. The second-order valence-corrected chi connectivity index (χ2v) is 10.3. The molecule has 37 heavy (non-hydrogen) atoms. The Labute approximate surface area is 233 Å². The number of carbonyl (C=O) groups excluding carboxylic acids is 1. The Balaban J connectivity index is 0. The average Bonchev–Trinajstić information content (AvgIpc) is 2.69. The van der Waals surface area contributed by atoms with Crippen LogP contribution in [0, 0.1) is 33.8 Å². The van der Waals surface area contributed by atoms with Crippen molar-refractivity contribution in [2.45, 2.75) is 47.5 Å². The van der Waals surface area contributed by atoms with E-state index in [0.29, 0.717) is 11.6 Å². The number of anilines is 1. The predicted octanol–water partition coefficient (Wildman–Crippen LogP) is 6.56. The van der Waals surface area contributed by atoms with E-state index in [1.165, 1.54) is 16.7 Å². The molecule has 3 aromatic rings. The molecule has 0 fully saturated rings. The smallest absolute Gasteiger partial charge is 1.00 e. The van der Waals surface area contributed by atoms with Crippen molar-refractivity contribution in [2.24, 2.45) is 0 Å². The molecule has 2 aromatic carbocycles. The molecule has 208 valence electrons. The zero-order valence-corrected chi connectivity index (χ0v) is 25.3.